The highest BCUT2D eigenvalue weighted by Crippen LogP contribution is 2.36. The molecule has 3 aromatic carbocycles. The second-order valence-corrected chi connectivity index (χ2v) is 8.70. The average Bonchev–Trinajstić information content (AvgIpc) is 3.07. The Balaban J connectivity index is 1.53. The molecule has 0 radical (unpaired) electrons. The molecule has 0 aromatic heterocycles. The lowest BCUT2D eigenvalue weighted by Gasteiger charge is -2.14. The number of halogens is 2. The molecule has 1 aliphatic heterocycles. The van der Waals surface area contributed by atoms with Gasteiger partial charge in [-0.15, -0.1) is 0 Å². The average molecular weight is 485 g/mol. The Labute approximate surface area is 200 Å². The van der Waals surface area contributed by atoms with Gasteiger partial charge in [-0.3, -0.25) is 15.1 Å². The molecule has 32 heavy (non-hydrogen) atoms. The Morgan fingerprint density at radius 3 is 2.53 bits per heavy atom. The summed E-state index contributed by atoms with van der Waals surface area (Å²) in [5.41, 5.74) is 2.23. The molecule has 3 aromatic rings. The summed E-state index contributed by atoms with van der Waals surface area (Å²) < 4.78 is 11.4. The maximum Gasteiger partial charge on any atom is 0.271 e. The van der Waals surface area contributed by atoms with E-state index in [0.717, 1.165) is 22.9 Å². The van der Waals surface area contributed by atoms with E-state index in [1.165, 1.54) is 4.90 Å². The van der Waals surface area contributed by atoms with E-state index < -0.39 is 0 Å². The van der Waals surface area contributed by atoms with E-state index in [0.29, 0.717) is 32.1 Å². The topological polar surface area (TPSA) is 62.6 Å². The maximum atomic E-state index is 12.9. The summed E-state index contributed by atoms with van der Waals surface area (Å²) in [6.07, 6.45) is 1.74. The number of para-hydroxylation sites is 1. The number of carbonyl (C=O) groups excluding carboxylic acids is 1. The molecule has 5 nitrogen and oxygen atoms in total. The van der Waals surface area contributed by atoms with Crippen LogP contribution in [0, 0.1) is 5.41 Å². The molecule has 1 amide bonds. The smallest absolute Gasteiger partial charge is 0.271 e. The predicted octanol–water partition coefficient (Wildman–Crippen LogP) is 6.64. The first kappa shape index (κ1) is 22.3. The highest BCUT2D eigenvalue weighted by atomic mass is 35.5. The number of methoxy groups -OCH3 is 1. The number of anilines is 1. The van der Waals surface area contributed by atoms with Gasteiger partial charge in [0.05, 0.1) is 17.7 Å². The zero-order valence-corrected chi connectivity index (χ0v) is 19.3. The second-order valence-electron chi connectivity index (χ2n) is 6.83. The minimum Gasteiger partial charge on any atom is -0.493 e. The summed E-state index contributed by atoms with van der Waals surface area (Å²) in [6, 6.07) is 19.8. The van der Waals surface area contributed by atoms with Crippen LogP contribution >= 0.6 is 35.0 Å². The van der Waals surface area contributed by atoms with E-state index in [4.69, 9.17) is 38.1 Å². The molecule has 8 heteroatoms. The number of nitrogens with one attached hydrogen (secondary N) is 1. The van der Waals surface area contributed by atoms with Crippen LogP contribution in [0.25, 0.3) is 6.08 Å². The van der Waals surface area contributed by atoms with E-state index >= 15 is 0 Å². The zero-order chi connectivity index (χ0) is 22.7. The number of nitrogens with zero attached hydrogens (tertiary/aromatic N) is 1. The number of rotatable bonds is 6. The third kappa shape index (κ3) is 4.78. The molecule has 4 rings (SSSR count). The Hall–Kier alpha value is -2.93. The summed E-state index contributed by atoms with van der Waals surface area (Å²) in [7, 11) is 1.55. The highest BCUT2D eigenvalue weighted by molar-refractivity contribution is 8.19. The first-order valence-corrected chi connectivity index (χ1v) is 11.2. The molecular formula is C24H18Cl2N2O3S. The number of amidine groups is 1. The van der Waals surface area contributed by atoms with Gasteiger partial charge < -0.3 is 9.47 Å². The van der Waals surface area contributed by atoms with Crippen LogP contribution < -0.4 is 14.4 Å². The number of hydrogen-bond acceptors (Lipinski definition) is 5. The fourth-order valence-electron chi connectivity index (χ4n) is 3.14. The van der Waals surface area contributed by atoms with Gasteiger partial charge >= 0.3 is 0 Å². The van der Waals surface area contributed by atoms with Crippen LogP contribution in [-0.4, -0.2) is 18.2 Å². The van der Waals surface area contributed by atoms with Gasteiger partial charge in [-0.05, 0) is 59.8 Å². The zero-order valence-electron chi connectivity index (χ0n) is 17.0. The SMILES string of the molecule is COc1cc(/C=C2\SC(=N)N(c3ccccc3)C2=O)ccc1OCc1ccc(Cl)cc1Cl. The molecule has 0 aliphatic carbocycles. The van der Waals surface area contributed by atoms with Gasteiger partial charge in [-0.1, -0.05) is 53.5 Å². The fraction of sp³-hybridized carbons (Fsp3) is 0.0833. The van der Waals surface area contributed by atoms with Crippen molar-refractivity contribution in [2.24, 2.45) is 0 Å². The van der Waals surface area contributed by atoms with Crippen molar-refractivity contribution in [3.05, 3.63) is 92.8 Å². The van der Waals surface area contributed by atoms with Gasteiger partial charge in [0.1, 0.15) is 6.61 Å². The highest BCUT2D eigenvalue weighted by Gasteiger charge is 2.33. The molecule has 1 saturated heterocycles. The molecule has 0 unspecified atom stereocenters. The number of ether oxygens (including phenoxy) is 2. The van der Waals surface area contributed by atoms with E-state index in [-0.39, 0.29) is 17.7 Å². The summed E-state index contributed by atoms with van der Waals surface area (Å²) in [6.45, 7) is 0.254. The minimum atomic E-state index is -0.233. The number of carbonyl (C=O) groups is 1. The summed E-state index contributed by atoms with van der Waals surface area (Å²) in [5, 5.41) is 9.47. The summed E-state index contributed by atoms with van der Waals surface area (Å²) in [5.74, 6) is 0.836. The Morgan fingerprint density at radius 2 is 1.81 bits per heavy atom. The number of hydrogen-bond donors (Lipinski definition) is 1. The molecule has 0 atom stereocenters. The monoisotopic (exact) mass is 484 g/mol. The van der Waals surface area contributed by atoms with Crippen LogP contribution in [-0.2, 0) is 11.4 Å². The normalized spacial score (nSPS) is 14.8. The Bertz CT molecular complexity index is 1220. The lowest BCUT2D eigenvalue weighted by Crippen LogP contribution is -2.27. The van der Waals surface area contributed by atoms with E-state index in [2.05, 4.69) is 0 Å². The van der Waals surface area contributed by atoms with Crippen molar-refractivity contribution in [2.75, 3.05) is 12.0 Å². The van der Waals surface area contributed by atoms with Crippen LogP contribution in [0.1, 0.15) is 11.1 Å². The molecule has 1 fully saturated rings. The number of thioether (sulfide) groups is 1. The summed E-state index contributed by atoms with van der Waals surface area (Å²) in [4.78, 5) is 14.7. The van der Waals surface area contributed by atoms with Crippen LogP contribution in [0.3, 0.4) is 0 Å². The van der Waals surface area contributed by atoms with Gasteiger partial charge in [-0.25, -0.2) is 0 Å². The minimum absolute atomic E-state index is 0.166. The molecular weight excluding hydrogens is 467 g/mol. The van der Waals surface area contributed by atoms with Gasteiger partial charge in [0.2, 0.25) is 0 Å². The van der Waals surface area contributed by atoms with Crippen LogP contribution in [0.4, 0.5) is 5.69 Å². The van der Waals surface area contributed by atoms with E-state index in [1.54, 1.807) is 49.6 Å². The predicted molar refractivity (Wildman–Crippen MR) is 131 cm³/mol. The van der Waals surface area contributed by atoms with E-state index in [9.17, 15) is 4.79 Å². The molecule has 162 valence electrons. The largest absolute Gasteiger partial charge is 0.493 e. The molecule has 0 saturated carbocycles. The molecule has 1 heterocycles. The Morgan fingerprint density at radius 1 is 1.03 bits per heavy atom. The Kier molecular flexibility index (Phi) is 6.74. The van der Waals surface area contributed by atoms with Crippen LogP contribution in [0.15, 0.2) is 71.6 Å². The van der Waals surface area contributed by atoms with Crippen molar-refractivity contribution in [2.45, 2.75) is 6.61 Å². The van der Waals surface area contributed by atoms with Gasteiger partial charge in [0.15, 0.2) is 16.7 Å². The number of amides is 1. The maximum absolute atomic E-state index is 12.9. The lowest BCUT2D eigenvalue weighted by molar-refractivity contribution is -0.113. The summed E-state index contributed by atoms with van der Waals surface area (Å²) >= 11 is 13.3. The standard InChI is InChI=1S/C24H18Cl2N2O3S/c1-30-21-11-15(7-10-20(21)31-14-16-8-9-17(25)13-19(16)26)12-22-23(29)28(24(27)32-22)18-5-3-2-4-6-18/h2-13,27H,14H2,1H3/b22-12-,27-24?. The third-order valence-corrected chi connectivity index (χ3v) is 6.20. The van der Waals surface area contributed by atoms with Crippen molar-refractivity contribution < 1.29 is 14.3 Å². The fourth-order valence-corrected chi connectivity index (χ4v) is 4.46. The van der Waals surface area contributed by atoms with Crippen LogP contribution in [0.2, 0.25) is 10.0 Å². The quantitative estimate of drug-likeness (QED) is 0.398. The van der Waals surface area contributed by atoms with Gasteiger partial charge in [0.25, 0.3) is 5.91 Å². The van der Waals surface area contributed by atoms with Crippen LogP contribution in [0.5, 0.6) is 11.5 Å². The van der Waals surface area contributed by atoms with Gasteiger partial charge in [0, 0.05) is 15.6 Å². The van der Waals surface area contributed by atoms with Crippen molar-refractivity contribution in [1.82, 2.24) is 0 Å². The van der Waals surface area contributed by atoms with Crippen molar-refractivity contribution in [3.8, 4) is 11.5 Å². The lowest BCUT2D eigenvalue weighted by atomic mass is 10.1. The molecule has 1 aliphatic rings. The first-order valence-electron chi connectivity index (χ1n) is 9.58. The second kappa shape index (κ2) is 9.69. The van der Waals surface area contributed by atoms with E-state index in [1.807, 2.05) is 30.3 Å². The molecule has 0 spiro atoms. The molecule has 1 N–H and O–H groups in total. The van der Waals surface area contributed by atoms with Crippen molar-refractivity contribution in [1.29, 1.82) is 5.41 Å². The third-order valence-electron chi connectivity index (χ3n) is 4.72. The van der Waals surface area contributed by atoms with Crippen molar-refractivity contribution in [3.63, 3.8) is 0 Å². The number of benzene rings is 3. The molecule has 0 bridgehead atoms. The van der Waals surface area contributed by atoms with Crippen molar-refractivity contribution >= 4 is 57.8 Å². The van der Waals surface area contributed by atoms with Gasteiger partial charge in [-0.2, -0.15) is 0 Å². The first-order chi connectivity index (χ1) is 15.5.